The minimum Gasteiger partial charge on any atom is -0.257 e. The van der Waals surface area contributed by atoms with Crippen LogP contribution in [0.15, 0.2) is 30.5 Å². The van der Waals surface area contributed by atoms with Crippen molar-refractivity contribution in [2.45, 2.75) is 0 Å². The number of hydrogen-bond donors (Lipinski definition) is 0. The molecule has 1 heterocycles. The molecule has 0 unspecified atom stereocenters. The van der Waals surface area contributed by atoms with Crippen molar-refractivity contribution < 1.29 is 8.78 Å². The number of nitrogens with zero attached hydrogens (tertiary/aromatic N) is 1. The maximum Gasteiger partial charge on any atom is 0.272 e. The van der Waals surface area contributed by atoms with Gasteiger partial charge in [0, 0.05) is 12.3 Å². The van der Waals surface area contributed by atoms with Crippen molar-refractivity contribution in [1.29, 1.82) is 0 Å². The third kappa shape index (κ3) is 1.93. The van der Waals surface area contributed by atoms with Gasteiger partial charge in [-0.15, -0.1) is 0 Å². The molecule has 0 atom stereocenters. The van der Waals surface area contributed by atoms with Gasteiger partial charge in [0.2, 0.25) is 0 Å². The summed E-state index contributed by atoms with van der Waals surface area (Å²) in [4.78, 5) is 3.66. The van der Waals surface area contributed by atoms with Crippen molar-refractivity contribution in [3.8, 4) is 0 Å². The van der Waals surface area contributed by atoms with Gasteiger partial charge in [0.25, 0.3) is 6.08 Å². The van der Waals surface area contributed by atoms with E-state index in [0.29, 0.717) is 0 Å². The summed E-state index contributed by atoms with van der Waals surface area (Å²) in [7, 11) is 0. The highest BCUT2D eigenvalue weighted by Crippen LogP contribution is 2.04. The van der Waals surface area contributed by atoms with Gasteiger partial charge in [0.15, 0.2) is 0 Å². The van der Waals surface area contributed by atoms with Crippen molar-refractivity contribution in [3.63, 3.8) is 0 Å². The molecule has 0 fully saturated rings. The molecule has 0 radical (unpaired) electrons. The van der Waals surface area contributed by atoms with Gasteiger partial charge in [-0.3, -0.25) is 4.98 Å². The quantitative estimate of drug-likeness (QED) is 0.584. The highest BCUT2D eigenvalue weighted by atomic mass is 19.3. The minimum absolute atomic E-state index is 0.280. The first-order chi connectivity index (χ1) is 4.79. The van der Waals surface area contributed by atoms with Gasteiger partial charge >= 0.3 is 0 Å². The fraction of sp³-hybridized carbons (Fsp3) is 0. The Balaban J connectivity index is 2.87. The van der Waals surface area contributed by atoms with Gasteiger partial charge in [0.1, 0.15) is 0 Å². The molecule has 10 heavy (non-hydrogen) atoms. The summed E-state index contributed by atoms with van der Waals surface area (Å²) in [6.07, 6.45) is 0.466. The highest BCUT2D eigenvalue weighted by molar-refractivity contribution is 5.44. The second-order valence-electron chi connectivity index (χ2n) is 1.69. The first-order valence-electron chi connectivity index (χ1n) is 2.73. The van der Waals surface area contributed by atoms with Crippen LogP contribution in [0.1, 0.15) is 5.69 Å². The van der Waals surface area contributed by atoms with Crippen LogP contribution >= 0.6 is 0 Å². The SMILES string of the molecule is FC(F)=Cc1ccccn1. The minimum atomic E-state index is -1.72. The summed E-state index contributed by atoms with van der Waals surface area (Å²) in [6.45, 7) is 0. The Hall–Kier alpha value is -1.25. The number of pyridine rings is 1. The summed E-state index contributed by atoms with van der Waals surface area (Å²) in [5.74, 6) is 0. The lowest BCUT2D eigenvalue weighted by Crippen LogP contribution is -1.75. The monoisotopic (exact) mass is 141 g/mol. The smallest absolute Gasteiger partial charge is 0.257 e. The van der Waals surface area contributed by atoms with Gasteiger partial charge < -0.3 is 0 Å². The Morgan fingerprint density at radius 3 is 2.70 bits per heavy atom. The van der Waals surface area contributed by atoms with E-state index >= 15 is 0 Å². The van der Waals surface area contributed by atoms with E-state index < -0.39 is 6.08 Å². The molecule has 0 saturated carbocycles. The van der Waals surface area contributed by atoms with Gasteiger partial charge in [-0.1, -0.05) is 6.07 Å². The molecule has 52 valence electrons. The number of halogens is 2. The molecule has 1 rings (SSSR count). The largest absolute Gasteiger partial charge is 0.272 e. The van der Waals surface area contributed by atoms with Crippen LogP contribution in [0, 0.1) is 0 Å². The summed E-state index contributed by atoms with van der Waals surface area (Å²) in [5, 5.41) is 0. The van der Waals surface area contributed by atoms with Crippen molar-refractivity contribution in [2.24, 2.45) is 0 Å². The molecule has 0 saturated heterocycles. The van der Waals surface area contributed by atoms with Crippen molar-refractivity contribution >= 4 is 6.08 Å². The molecule has 0 amide bonds. The van der Waals surface area contributed by atoms with Gasteiger partial charge in [-0.25, -0.2) is 0 Å². The van der Waals surface area contributed by atoms with Crippen LogP contribution in [0.4, 0.5) is 8.78 Å². The lowest BCUT2D eigenvalue weighted by molar-refractivity contribution is 0.429. The highest BCUT2D eigenvalue weighted by Gasteiger charge is 1.89. The molecule has 0 aliphatic rings. The van der Waals surface area contributed by atoms with E-state index in [1.807, 2.05) is 0 Å². The molecule has 0 bridgehead atoms. The van der Waals surface area contributed by atoms with E-state index in [1.54, 1.807) is 12.1 Å². The Bertz CT molecular complexity index is 227. The van der Waals surface area contributed by atoms with Gasteiger partial charge in [-0.05, 0) is 12.1 Å². The molecule has 0 aromatic carbocycles. The second-order valence-corrected chi connectivity index (χ2v) is 1.69. The fourth-order valence-corrected chi connectivity index (χ4v) is 0.573. The van der Waals surface area contributed by atoms with E-state index in [1.165, 1.54) is 12.3 Å². The lowest BCUT2D eigenvalue weighted by atomic mass is 10.3. The molecule has 0 aliphatic carbocycles. The summed E-state index contributed by atoms with van der Waals surface area (Å²) in [5.41, 5.74) is 0.280. The predicted octanol–water partition coefficient (Wildman–Crippen LogP) is 2.32. The molecular formula is C7H5F2N. The zero-order valence-corrected chi connectivity index (χ0v) is 5.09. The molecule has 3 heteroatoms. The molecule has 1 nitrogen and oxygen atoms in total. The average molecular weight is 141 g/mol. The third-order valence-electron chi connectivity index (χ3n) is 0.945. The normalized spacial score (nSPS) is 9.00. The molecule has 0 N–H and O–H groups in total. The molecule has 1 aromatic heterocycles. The van der Waals surface area contributed by atoms with Crippen molar-refractivity contribution in [1.82, 2.24) is 4.98 Å². The Morgan fingerprint density at radius 1 is 1.40 bits per heavy atom. The van der Waals surface area contributed by atoms with Crippen molar-refractivity contribution in [2.75, 3.05) is 0 Å². The predicted molar refractivity (Wildman–Crippen MR) is 34.4 cm³/mol. The van der Waals surface area contributed by atoms with Crippen LogP contribution in [-0.2, 0) is 0 Å². The van der Waals surface area contributed by atoms with Crippen molar-refractivity contribution in [3.05, 3.63) is 36.2 Å². The maximum absolute atomic E-state index is 11.5. The number of hydrogen-bond acceptors (Lipinski definition) is 1. The standard InChI is InChI=1S/C7H5F2N/c8-7(9)5-6-3-1-2-4-10-6/h1-5H. The van der Waals surface area contributed by atoms with Crippen LogP contribution in [0.25, 0.3) is 6.08 Å². The van der Waals surface area contributed by atoms with Crippen LogP contribution in [0.2, 0.25) is 0 Å². The van der Waals surface area contributed by atoms with E-state index in [4.69, 9.17) is 0 Å². The molecule has 0 spiro atoms. The molecular weight excluding hydrogens is 136 g/mol. The van der Waals surface area contributed by atoms with Crippen LogP contribution in [0.5, 0.6) is 0 Å². The van der Waals surface area contributed by atoms with Crippen LogP contribution < -0.4 is 0 Å². The first-order valence-corrected chi connectivity index (χ1v) is 2.73. The van der Waals surface area contributed by atoms with E-state index in [-0.39, 0.29) is 5.69 Å². The second kappa shape index (κ2) is 3.06. The van der Waals surface area contributed by atoms with Crippen LogP contribution in [-0.4, -0.2) is 4.98 Å². The van der Waals surface area contributed by atoms with E-state index in [2.05, 4.69) is 4.98 Å². The van der Waals surface area contributed by atoms with Crippen LogP contribution in [0.3, 0.4) is 0 Å². The Morgan fingerprint density at radius 2 is 2.20 bits per heavy atom. The molecule has 0 aliphatic heterocycles. The summed E-state index contributed by atoms with van der Waals surface area (Å²) >= 11 is 0. The van der Waals surface area contributed by atoms with E-state index in [9.17, 15) is 8.78 Å². The fourth-order valence-electron chi connectivity index (χ4n) is 0.573. The van der Waals surface area contributed by atoms with Gasteiger partial charge in [0.05, 0.1) is 5.69 Å². The third-order valence-corrected chi connectivity index (χ3v) is 0.945. The maximum atomic E-state index is 11.5. The summed E-state index contributed by atoms with van der Waals surface area (Å²) < 4.78 is 23.1. The Labute approximate surface area is 57.0 Å². The zero-order chi connectivity index (χ0) is 7.40. The van der Waals surface area contributed by atoms with E-state index in [0.717, 1.165) is 6.08 Å². The number of aromatic nitrogens is 1. The Kier molecular flexibility index (Phi) is 2.10. The average Bonchev–Trinajstić information content (AvgIpc) is 1.88. The topological polar surface area (TPSA) is 12.9 Å². The van der Waals surface area contributed by atoms with Gasteiger partial charge in [-0.2, -0.15) is 8.78 Å². The lowest BCUT2D eigenvalue weighted by Gasteiger charge is -1.86. The molecule has 1 aromatic rings. The zero-order valence-electron chi connectivity index (χ0n) is 5.09. The summed E-state index contributed by atoms with van der Waals surface area (Å²) in [6, 6.07) is 4.84. The number of rotatable bonds is 1. The first kappa shape index (κ1) is 6.86.